The van der Waals surface area contributed by atoms with Crippen molar-refractivity contribution in [2.45, 2.75) is 32.4 Å². The molecular weight excluding hydrogens is 320 g/mol. The van der Waals surface area contributed by atoms with E-state index in [2.05, 4.69) is 69.3 Å². The Bertz CT molecular complexity index is 892. The van der Waals surface area contributed by atoms with Crippen LogP contribution in [-0.2, 0) is 6.54 Å². The summed E-state index contributed by atoms with van der Waals surface area (Å²) >= 11 is 0. The third kappa shape index (κ3) is 3.70. The second kappa shape index (κ2) is 7.42. The van der Waals surface area contributed by atoms with Crippen LogP contribution < -0.4 is 4.90 Å². The van der Waals surface area contributed by atoms with Crippen LogP contribution in [-0.4, -0.2) is 41.0 Å². The molecular formula is C22H26N4. The van der Waals surface area contributed by atoms with Gasteiger partial charge in [-0.15, -0.1) is 0 Å². The van der Waals surface area contributed by atoms with Gasteiger partial charge in [0.25, 0.3) is 0 Å². The van der Waals surface area contributed by atoms with E-state index in [-0.39, 0.29) is 0 Å². The molecule has 0 radical (unpaired) electrons. The Morgan fingerprint density at radius 1 is 1.12 bits per heavy atom. The molecule has 1 aromatic heterocycles. The van der Waals surface area contributed by atoms with Crippen molar-refractivity contribution in [2.24, 2.45) is 0 Å². The van der Waals surface area contributed by atoms with E-state index in [4.69, 9.17) is 0 Å². The lowest BCUT2D eigenvalue weighted by atomic mass is 10.0. The number of aromatic nitrogens is 2. The summed E-state index contributed by atoms with van der Waals surface area (Å²) in [5.74, 6) is 0.836. The van der Waals surface area contributed by atoms with Crippen LogP contribution >= 0.6 is 0 Å². The molecule has 2 heterocycles. The predicted octanol–water partition coefficient (Wildman–Crippen LogP) is 4.04. The topological polar surface area (TPSA) is 32.3 Å². The van der Waals surface area contributed by atoms with E-state index in [1.165, 1.54) is 29.2 Å². The maximum Gasteiger partial charge on any atom is 0.225 e. The van der Waals surface area contributed by atoms with Crippen molar-refractivity contribution in [2.75, 3.05) is 25.0 Å². The van der Waals surface area contributed by atoms with E-state index < -0.39 is 0 Å². The molecule has 0 N–H and O–H groups in total. The summed E-state index contributed by atoms with van der Waals surface area (Å²) in [5.41, 5.74) is 2.41. The third-order valence-corrected chi connectivity index (χ3v) is 5.35. The Balaban J connectivity index is 1.45. The summed E-state index contributed by atoms with van der Waals surface area (Å²) < 4.78 is 0. The number of hydrogen-bond donors (Lipinski definition) is 0. The Labute approximate surface area is 155 Å². The number of likely N-dealkylation sites (tertiary alicyclic amines) is 1. The summed E-state index contributed by atoms with van der Waals surface area (Å²) in [6.45, 7) is 5.24. The highest BCUT2D eigenvalue weighted by molar-refractivity contribution is 5.82. The number of rotatable bonds is 4. The first-order valence-corrected chi connectivity index (χ1v) is 9.41. The summed E-state index contributed by atoms with van der Waals surface area (Å²) in [4.78, 5) is 13.9. The molecule has 4 heteroatoms. The molecule has 0 spiro atoms. The zero-order valence-corrected chi connectivity index (χ0v) is 15.6. The fourth-order valence-corrected chi connectivity index (χ4v) is 3.86. The first kappa shape index (κ1) is 17.0. The maximum atomic E-state index is 4.59. The predicted molar refractivity (Wildman–Crippen MR) is 107 cm³/mol. The van der Waals surface area contributed by atoms with Gasteiger partial charge in [-0.2, -0.15) is 0 Å². The second-order valence-corrected chi connectivity index (χ2v) is 7.32. The largest absolute Gasteiger partial charge is 0.340 e. The fourth-order valence-electron chi connectivity index (χ4n) is 3.86. The molecule has 0 bridgehead atoms. The third-order valence-electron chi connectivity index (χ3n) is 5.35. The fraction of sp³-hybridized carbons (Fsp3) is 0.364. The van der Waals surface area contributed by atoms with Gasteiger partial charge in [0.05, 0.1) is 0 Å². The Morgan fingerprint density at radius 3 is 2.81 bits per heavy atom. The van der Waals surface area contributed by atoms with Crippen molar-refractivity contribution in [3.63, 3.8) is 0 Å². The number of benzene rings is 2. The summed E-state index contributed by atoms with van der Waals surface area (Å²) in [6.07, 6.45) is 4.26. The lowest BCUT2D eigenvalue weighted by molar-refractivity contribution is 0.198. The molecule has 4 rings (SSSR count). The molecule has 1 aliphatic heterocycles. The number of piperidine rings is 1. The van der Waals surface area contributed by atoms with Crippen molar-refractivity contribution < 1.29 is 0 Å². The van der Waals surface area contributed by atoms with E-state index >= 15 is 0 Å². The number of anilines is 1. The average Bonchev–Trinajstić information content (AvgIpc) is 2.67. The molecule has 134 valence electrons. The molecule has 26 heavy (non-hydrogen) atoms. The minimum absolute atomic E-state index is 0.464. The van der Waals surface area contributed by atoms with Gasteiger partial charge in [-0.25, -0.2) is 9.97 Å². The summed E-state index contributed by atoms with van der Waals surface area (Å²) in [5, 5.41) is 2.63. The van der Waals surface area contributed by atoms with Crippen LogP contribution in [0.3, 0.4) is 0 Å². The van der Waals surface area contributed by atoms with E-state index in [1.807, 2.05) is 19.2 Å². The van der Waals surface area contributed by atoms with Crippen molar-refractivity contribution in [1.29, 1.82) is 0 Å². The number of likely N-dealkylation sites (N-methyl/N-ethyl adjacent to an activating group) is 1. The molecule has 3 aromatic rings. The van der Waals surface area contributed by atoms with E-state index in [0.29, 0.717) is 6.04 Å². The van der Waals surface area contributed by atoms with E-state index in [0.717, 1.165) is 31.3 Å². The van der Waals surface area contributed by atoms with Crippen LogP contribution in [0.15, 0.2) is 54.7 Å². The van der Waals surface area contributed by atoms with Gasteiger partial charge in [-0.3, -0.25) is 4.90 Å². The second-order valence-electron chi connectivity index (χ2n) is 7.32. The van der Waals surface area contributed by atoms with Crippen LogP contribution in [0.1, 0.15) is 24.1 Å². The van der Waals surface area contributed by atoms with Gasteiger partial charge in [-0.05, 0) is 54.8 Å². The van der Waals surface area contributed by atoms with Gasteiger partial charge < -0.3 is 4.90 Å². The Morgan fingerprint density at radius 2 is 1.96 bits per heavy atom. The SMILES string of the molecule is Cc1ccnc(N(C)C2CCCN(Cc3ccc4ccccc4c3)C2)n1. The molecule has 0 aliphatic carbocycles. The van der Waals surface area contributed by atoms with Gasteiger partial charge in [0.2, 0.25) is 5.95 Å². The first-order valence-electron chi connectivity index (χ1n) is 9.41. The monoisotopic (exact) mass is 346 g/mol. The van der Waals surface area contributed by atoms with Crippen molar-refractivity contribution in [3.05, 3.63) is 66.0 Å². The van der Waals surface area contributed by atoms with E-state index in [1.54, 1.807) is 0 Å². The van der Waals surface area contributed by atoms with Crippen molar-refractivity contribution in [1.82, 2.24) is 14.9 Å². The Kier molecular flexibility index (Phi) is 4.85. The van der Waals surface area contributed by atoms with Crippen LogP contribution in [0, 0.1) is 6.92 Å². The number of fused-ring (bicyclic) bond motifs is 1. The van der Waals surface area contributed by atoms with Crippen LogP contribution in [0.5, 0.6) is 0 Å². The normalized spacial score (nSPS) is 18.2. The molecule has 1 fully saturated rings. The summed E-state index contributed by atoms with van der Waals surface area (Å²) in [7, 11) is 2.12. The van der Waals surface area contributed by atoms with Gasteiger partial charge in [0, 0.05) is 38.1 Å². The van der Waals surface area contributed by atoms with Gasteiger partial charge in [0.15, 0.2) is 0 Å². The minimum atomic E-state index is 0.464. The molecule has 4 nitrogen and oxygen atoms in total. The van der Waals surface area contributed by atoms with Gasteiger partial charge >= 0.3 is 0 Å². The number of hydrogen-bond acceptors (Lipinski definition) is 4. The first-order chi connectivity index (χ1) is 12.7. The zero-order valence-electron chi connectivity index (χ0n) is 15.6. The quantitative estimate of drug-likeness (QED) is 0.714. The van der Waals surface area contributed by atoms with Crippen molar-refractivity contribution >= 4 is 16.7 Å². The number of aryl methyl sites for hydroxylation is 1. The highest BCUT2D eigenvalue weighted by atomic mass is 15.3. The minimum Gasteiger partial charge on any atom is -0.340 e. The smallest absolute Gasteiger partial charge is 0.225 e. The lowest BCUT2D eigenvalue weighted by Gasteiger charge is -2.37. The number of nitrogens with zero attached hydrogens (tertiary/aromatic N) is 4. The lowest BCUT2D eigenvalue weighted by Crippen LogP contribution is -2.46. The molecule has 1 saturated heterocycles. The average molecular weight is 346 g/mol. The van der Waals surface area contributed by atoms with Crippen LogP contribution in [0.4, 0.5) is 5.95 Å². The van der Waals surface area contributed by atoms with Crippen LogP contribution in [0.2, 0.25) is 0 Å². The van der Waals surface area contributed by atoms with E-state index in [9.17, 15) is 0 Å². The molecule has 1 unspecified atom stereocenters. The highest BCUT2D eigenvalue weighted by Gasteiger charge is 2.24. The highest BCUT2D eigenvalue weighted by Crippen LogP contribution is 2.22. The van der Waals surface area contributed by atoms with Crippen LogP contribution in [0.25, 0.3) is 10.8 Å². The Hall–Kier alpha value is -2.46. The van der Waals surface area contributed by atoms with Gasteiger partial charge in [0.1, 0.15) is 0 Å². The molecule has 0 amide bonds. The maximum absolute atomic E-state index is 4.59. The molecule has 1 aliphatic rings. The molecule has 2 aromatic carbocycles. The van der Waals surface area contributed by atoms with Gasteiger partial charge in [-0.1, -0.05) is 36.4 Å². The zero-order chi connectivity index (χ0) is 17.9. The molecule has 1 atom stereocenters. The van der Waals surface area contributed by atoms with Crippen molar-refractivity contribution in [3.8, 4) is 0 Å². The standard InChI is InChI=1S/C22H26N4/c1-17-11-12-23-22(24-17)25(2)21-8-5-13-26(16-21)15-18-9-10-19-6-3-4-7-20(19)14-18/h3-4,6-7,9-12,14,21H,5,8,13,15-16H2,1-2H3. The molecule has 0 saturated carbocycles. The summed E-state index contributed by atoms with van der Waals surface area (Å²) in [6, 6.07) is 17.8.